The summed E-state index contributed by atoms with van der Waals surface area (Å²) in [4.78, 5) is 21.5. The first-order chi connectivity index (χ1) is 7.66. The molecule has 1 fully saturated rings. The van der Waals surface area contributed by atoms with Crippen molar-refractivity contribution in [2.24, 2.45) is 0 Å². The number of nitrogens with zero attached hydrogens (tertiary/aromatic N) is 1. The van der Waals surface area contributed by atoms with Crippen LogP contribution in [0.3, 0.4) is 0 Å². The van der Waals surface area contributed by atoms with Gasteiger partial charge in [0.15, 0.2) is 5.78 Å². The Morgan fingerprint density at radius 1 is 1.31 bits per heavy atom. The topological polar surface area (TPSA) is 60.2 Å². The van der Waals surface area contributed by atoms with Crippen molar-refractivity contribution >= 4 is 17.5 Å². The summed E-state index contributed by atoms with van der Waals surface area (Å²) in [6.45, 7) is 0. The number of rotatable bonds is 2. The third kappa shape index (κ3) is 2.16. The maximum atomic E-state index is 11.4. The van der Waals surface area contributed by atoms with Crippen LogP contribution in [0.25, 0.3) is 6.08 Å². The van der Waals surface area contributed by atoms with E-state index in [1.807, 2.05) is 0 Å². The van der Waals surface area contributed by atoms with Crippen LogP contribution >= 0.6 is 0 Å². The Labute approximate surface area is 92.7 Å². The van der Waals surface area contributed by atoms with Crippen molar-refractivity contribution in [3.8, 4) is 0 Å². The molecule has 1 aromatic carbocycles. The van der Waals surface area contributed by atoms with Crippen LogP contribution in [0.15, 0.2) is 29.8 Å². The number of ketones is 1. The minimum atomic E-state index is -0.432. The fourth-order valence-corrected chi connectivity index (χ4v) is 1.82. The lowest BCUT2D eigenvalue weighted by Crippen LogP contribution is -1.92. The van der Waals surface area contributed by atoms with E-state index in [0.29, 0.717) is 6.42 Å². The molecule has 0 unspecified atom stereocenters. The number of nitro groups is 1. The van der Waals surface area contributed by atoms with Gasteiger partial charge in [0.1, 0.15) is 0 Å². The predicted octanol–water partition coefficient (Wildman–Crippen LogP) is 2.73. The molecule has 4 heteroatoms. The Balaban J connectivity index is 2.31. The molecule has 4 nitrogen and oxygen atoms in total. The minimum absolute atomic E-state index is 0.0554. The zero-order chi connectivity index (χ0) is 11.5. The minimum Gasteiger partial charge on any atom is -0.295 e. The molecule has 0 bridgehead atoms. The number of nitro benzene ring substituents is 1. The van der Waals surface area contributed by atoms with Crippen molar-refractivity contribution in [2.75, 3.05) is 0 Å². The van der Waals surface area contributed by atoms with Crippen molar-refractivity contribution in [2.45, 2.75) is 19.3 Å². The number of hydrogen-bond acceptors (Lipinski definition) is 3. The molecule has 0 atom stereocenters. The molecule has 2 rings (SSSR count). The maximum absolute atomic E-state index is 11.4. The molecule has 0 radical (unpaired) electrons. The molecule has 0 spiro atoms. The van der Waals surface area contributed by atoms with Gasteiger partial charge in [0.25, 0.3) is 5.69 Å². The molecule has 0 saturated heterocycles. The van der Waals surface area contributed by atoms with E-state index in [9.17, 15) is 14.9 Å². The Hall–Kier alpha value is -1.97. The van der Waals surface area contributed by atoms with E-state index in [-0.39, 0.29) is 11.5 Å². The molecule has 0 amide bonds. The smallest absolute Gasteiger partial charge is 0.270 e. The van der Waals surface area contributed by atoms with E-state index in [0.717, 1.165) is 24.0 Å². The normalized spacial score (nSPS) is 18.0. The number of allylic oxidation sites excluding steroid dienone is 1. The lowest BCUT2D eigenvalue weighted by atomic mass is 10.1. The number of benzene rings is 1. The monoisotopic (exact) mass is 217 g/mol. The Kier molecular flexibility index (Phi) is 2.81. The van der Waals surface area contributed by atoms with Crippen molar-refractivity contribution in [1.29, 1.82) is 0 Å². The molecule has 1 aliphatic carbocycles. The molecule has 0 aromatic heterocycles. The number of hydrogen-bond donors (Lipinski definition) is 0. The highest BCUT2D eigenvalue weighted by molar-refractivity contribution is 6.01. The van der Waals surface area contributed by atoms with Crippen LogP contribution in [0, 0.1) is 10.1 Å². The van der Waals surface area contributed by atoms with Gasteiger partial charge in [0.05, 0.1) is 4.92 Å². The van der Waals surface area contributed by atoms with E-state index in [1.165, 1.54) is 12.1 Å². The SMILES string of the molecule is O=C1CCC/C1=C/c1cccc([N+](=O)[O-])c1. The summed E-state index contributed by atoms with van der Waals surface area (Å²) in [6.07, 6.45) is 4.02. The molecule has 16 heavy (non-hydrogen) atoms. The molecular formula is C12H11NO3. The standard InChI is InChI=1S/C12H11NO3/c14-12-6-2-4-10(12)7-9-3-1-5-11(8-9)13(15)16/h1,3,5,7-8H,2,4,6H2/b10-7-. The first-order valence-corrected chi connectivity index (χ1v) is 5.15. The largest absolute Gasteiger partial charge is 0.295 e. The van der Waals surface area contributed by atoms with E-state index in [1.54, 1.807) is 18.2 Å². The molecule has 1 saturated carbocycles. The molecule has 1 aliphatic rings. The first kappa shape index (κ1) is 10.5. The summed E-state index contributed by atoms with van der Waals surface area (Å²) in [5.74, 6) is 0.159. The van der Waals surface area contributed by atoms with E-state index < -0.39 is 4.92 Å². The van der Waals surface area contributed by atoms with Gasteiger partial charge in [-0.3, -0.25) is 14.9 Å². The van der Waals surface area contributed by atoms with Gasteiger partial charge in [-0.05, 0) is 30.1 Å². The summed E-state index contributed by atoms with van der Waals surface area (Å²) in [5, 5.41) is 10.6. The van der Waals surface area contributed by atoms with Crippen LogP contribution in [-0.2, 0) is 4.79 Å². The second kappa shape index (κ2) is 4.26. The molecular weight excluding hydrogens is 206 g/mol. The van der Waals surface area contributed by atoms with Gasteiger partial charge in [-0.15, -0.1) is 0 Å². The van der Waals surface area contributed by atoms with Crippen LogP contribution < -0.4 is 0 Å². The van der Waals surface area contributed by atoms with E-state index in [4.69, 9.17) is 0 Å². The van der Waals surface area contributed by atoms with Crippen LogP contribution in [0.5, 0.6) is 0 Å². The number of carbonyl (C=O) groups excluding carboxylic acids is 1. The van der Waals surface area contributed by atoms with E-state index in [2.05, 4.69) is 0 Å². The summed E-state index contributed by atoms with van der Waals surface area (Å²) >= 11 is 0. The van der Waals surface area contributed by atoms with Crippen LogP contribution in [0.4, 0.5) is 5.69 Å². The average Bonchev–Trinajstić information content (AvgIpc) is 2.65. The van der Waals surface area contributed by atoms with Crippen LogP contribution in [-0.4, -0.2) is 10.7 Å². The van der Waals surface area contributed by atoms with Gasteiger partial charge in [-0.2, -0.15) is 0 Å². The van der Waals surface area contributed by atoms with Gasteiger partial charge < -0.3 is 0 Å². The first-order valence-electron chi connectivity index (χ1n) is 5.15. The number of carbonyl (C=O) groups is 1. The highest BCUT2D eigenvalue weighted by Crippen LogP contribution is 2.24. The second-order valence-corrected chi connectivity index (χ2v) is 3.80. The average molecular weight is 217 g/mol. The third-order valence-corrected chi connectivity index (χ3v) is 2.63. The lowest BCUT2D eigenvalue weighted by molar-refractivity contribution is -0.384. The molecule has 82 valence electrons. The predicted molar refractivity (Wildman–Crippen MR) is 59.9 cm³/mol. The lowest BCUT2D eigenvalue weighted by Gasteiger charge is -1.97. The fraction of sp³-hybridized carbons (Fsp3) is 0.250. The van der Waals surface area contributed by atoms with Gasteiger partial charge in [0.2, 0.25) is 0 Å². The third-order valence-electron chi connectivity index (χ3n) is 2.63. The fourth-order valence-electron chi connectivity index (χ4n) is 1.82. The maximum Gasteiger partial charge on any atom is 0.270 e. The molecule has 0 heterocycles. The highest BCUT2D eigenvalue weighted by Gasteiger charge is 2.16. The summed E-state index contributed by atoms with van der Waals surface area (Å²) in [7, 11) is 0. The van der Waals surface area contributed by atoms with Gasteiger partial charge in [-0.25, -0.2) is 0 Å². The van der Waals surface area contributed by atoms with E-state index >= 15 is 0 Å². The molecule has 0 N–H and O–H groups in total. The van der Waals surface area contributed by atoms with Crippen molar-refractivity contribution in [1.82, 2.24) is 0 Å². The molecule has 0 aliphatic heterocycles. The zero-order valence-electron chi connectivity index (χ0n) is 8.68. The number of non-ortho nitro benzene ring substituents is 1. The highest BCUT2D eigenvalue weighted by atomic mass is 16.6. The summed E-state index contributed by atoms with van der Waals surface area (Å²) in [5.41, 5.74) is 1.56. The van der Waals surface area contributed by atoms with Crippen molar-refractivity contribution in [3.05, 3.63) is 45.5 Å². The Morgan fingerprint density at radius 2 is 2.12 bits per heavy atom. The Morgan fingerprint density at radius 3 is 2.75 bits per heavy atom. The van der Waals surface area contributed by atoms with Crippen LogP contribution in [0.2, 0.25) is 0 Å². The molecule has 1 aromatic rings. The second-order valence-electron chi connectivity index (χ2n) is 3.80. The van der Waals surface area contributed by atoms with Gasteiger partial charge in [-0.1, -0.05) is 12.1 Å². The van der Waals surface area contributed by atoms with Gasteiger partial charge >= 0.3 is 0 Å². The van der Waals surface area contributed by atoms with Crippen molar-refractivity contribution < 1.29 is 9.72 Å². The van der Waals surface area contributed by atoms with Crippen molar-refractivity contribution in [3.63, 3.8) is 0 Å². The quantitative estimate of drug-likeness (QED) is 0.434. The van der Waals surface area contributed by atoms with Crippen LogP contribution in [0.1, 0.15) is 24.8 Å². The Bertz CT molecular complexity index is 477. The summed E-state index contributed by atoms with van der Waals surface area (Å²) in [6, 6.07) is 6.33. The zero-order valence-corrected chi connectivity index (χ0v) is 8.68. The van der Waals surface area contributed by atoms with Gasteiger partial charge in [0, 0.05) is 18.6 Å². The number of Topliss-reactive ketones (excluding diaryl/α,β-unsaturated/α-hetero) is 1. The summed E-state index contributed by atoms with van der Waals surface area (Å²) < 4.78 is 0.